The Morgan fingerprint density at radius 2 is 1.77 bits per heavy atom. The molecule has 7 unspecified atom stereocenters. The first-order valence-electron chi connectivity index (χ1n) is 9.39. The van der Waals surface area contributed by atoms with Crippen LogP contribution in [-0.4, -0.2) is 73.1 Å². The van der Waals surface area contributed by atoms with Crippen molar-refractivity contribution in [1.82, 2.24) is 0 Å². The van der Waals surface area contributed by atoms with Gasteiger partial charge in [-0.1, -0.05) is 0 Å². The molecule has 2 aromatic rings. The minimum absolute atomic E-state index is 0.0980. The summed E-state index contributed by atoms with van der Waals surface area (Å²) >= 11 is 0. The molecule has 0 spiro atoms. The van der Waals surface area contributed by atoms with Crippen LogP contribution in [0.2, 0.25) is 0 Å². The zero-order chi connectivity index (χ0) is 21.7. The zero-order valence-corrected chi connectivity index (χ0v) is 15.6. The van der Waals surface area contributed by atoms with Crippen LogP contribution < -0.4 is 5.43 Å². The lowest BCUT2D eigenvalue weighted by Gasteiger charge is -2.41. The fraction of sp³-hybridized carbons (Fsp3) is 0.526. The van der Waals surface area contributed by atoms with Crippen molar-refractivity contribution in [2.45, 2.75) is 55.8 Å². The van der Waals surface area contributed by atoms with Crippen molar-refractivity contribution < 1.29 is 49.6 Å². The molecule has 30 heavy (non-hydrogen) atoms. The van der Waals surface area contributed by atoms with E-state index in [2.05, 4.69) is 0 Å². The highest BCUT2D eigenvalue weighted by Gasteiger charge is 2.46. The Labute approximate surface area is 169 Å². The van der Waals surface area contributed by atoms with Crippen LogP contribution in [-0.2, 0) is 9.47 Å². The number of ether oxygens (including phenoxy) is 2. The quantitative estimate of drug-likeness (QED) is 0.315. The maximum Gasteiger partial charge on any atom is 0.202 e. The summed E-state index contributed by atoms with van der Waals surface area (Å²) in [6.07, 6.45) is -9.50. The third-order valence-electron chi connectivity index (χ3n) is 5.50. The summed E-state index contributed by atoms with van der Waals surface area (Å²) in [5.74, 6) is -0.964. The molecular weight excluding hydrogens is 404 g/mol. The second-order valence-electron chi connectivity index (χ2n) is 7.46. The Morgan fingerprint density at radius 1 is 1.03 bits per heavy atom. The predicted octanol–water partition coefficient (Wildman–Crippen LogP) is -1.11. The van der Waals surface area contributed by atoms with E-state index >= 15 is 0 Å². The molecule has 0 saturated carbocycles. The number of hydrogen-bond acceptors (Lipinski definition) is 11. The van der Waals surface area contributed by atoms with Crippen LogP contribution in [0, 0.1) is 0 Å². The number of aliphatic hydroxyl groups excluding tert-OH is 5. The van der Waals surface area contributed by atoms with E-state index in [0.29, 0.717) is 0 Å². The molecule has 2 heterocycles. The van der Waals surface area contributed by atoms with E-state index in [-0.39, 0.29) is 40.9 Å². The molecule has 1 aromatic carbocycles. The standard InChI is InChI=1S/C19H22O11/c20-5-11-14(24)16(26)17(27)19(30-11)29-9-2-1-7(22)18-13(9)15(25)12-8(23)3-6(21)4-10(12)28-18/h3-4,7,9,11,14,16-17,19-24,26-27H,1-2,5H2. The molecule has 1 aliphatic heterocycles. The lowest BCUT2D eigenvalue weighted by molar-refractivity contribution is -0.314. The maximum atomic E-state index is 13.1. The fourth-order valence-electron chi connectivity index (χ4n) is 3.93. The van der Waals surface area contributed by atoms with Crippen molar-refractivity contribution in [3.8, 4) is 11.5 Å². The van der Waals surface area contributed by atoms with Gasteiger partial charge in [0.2, 0.25) is 5.43 Å². The second kappa shape index (κ2) is 7.78. The van der Waals surface area contributed by atoms with E-state index in [1.165, 1.54) is 0 Å². The van der Waals surface area contributed by atoms with Crippen LogP contribution in [0.4, 0.5) is 0 Å². The summed E-state index contributed by atoms with van der Waals surface area (Å²) in [5, 5.41) is 69.2. The summed E-state index contributed by atoms with van der Waals surface area (Å²) in [6.45, 7) is -0.644. The molecular formula is C19H22O11. The highest BCUT2D eigenvalue weighted by atomic mass is 16.7. The van der Waals surface area contributed by atoms with Crippen molar-refractivity contribution >= 4 is 11.0 Å². The van der Waals surface area contributed by atoms with E-state index in [1.54, 1.807) is 0 Å². The maximum absolute atomic E-state index is 13.1. The highest BCUT2D eigenvalue weighted by Crippen LogP contribution is 2.41. The summed E-state index contributed by atoms with van der Waals surface area (Å²) < 4.78 is 16.6. The van der Waals surface area contributed by atoms with Gasteiger partial charge < -0.3 is 49.6 Å². The number of fused-ring (bicyclic) bond motifs is 2. The largest absolute Gasteiger partial charge is 0.508 e. The molecule has 0 radical (unpaired) electrons. The van der Waals surface area contributed by atoms with Crippen LogP contribution in [0.25, 0.3) is 11.0 Å². The number of aromatic hydroxyl groups is 2. The third-order valence-corrected chi connectivity index (χ3v) is 5.50. The number of aliphatic hydroxyl groups is 5. The Kier molecular flexibility index (Phi) is 5.45. The first-order chi connectivity index (χ1) is 14.2. The molecule has 0 amide bonds. The van der Waals surface area contributed by atoms with Gasteiger partial charge in [-0.3, -0.25) is 4.79 Å². The molecule has 1 fully saturated rings. The van der Waals surface area contributed by atoms with E-state index < -0.39 is 60.7 Å². The molecule has 164 valence electrons. The van der Waals surface area contributed by atoms with Gasteiger partial charge in [0.15, 0.2) is 6.29 Å². The molecule has 1 saturated heterocycles. The Morgan fingerprint density at radius 3 is 2.47 bits per heavy atom. The summed E-state index contributed by atoms with van der Waals surface area (Å²) in [6, 6.07) is 2.10. The predicted molar refractivity (Wildman–Crippen MR) is 97.6 cm³/mol. The average Bonchev–Trinajstić information content (AvgIpc) is 2.69. The topological polar surface area (TPSA) is 190 Å². The van der Waals surface area contributed by atoms with E-state index in [0.717, 1.165) is 12.1 Å². The zero-order valence-electron chi connectivity index (χ0n) is 15.6. The normalized spacial score (nSPS) is 34.1. The first-order valence-corrected chi connectivity index (χ1v) is 9.39. The molecule has 0 bridgehead atoms. The SMILES string of the molecule is O=c1c2c(oc3cc(O)cc(O)c13)C(O)CCC2OC1OC(CO)C(O)C(O)C1O. The van der Waals surface area contributed by atoms with Crippen LogP contribution in [0.1, 0.15) is 36.4 Å². The van der Waals surface area contributed by atoms with Crippen LogP contribution in [0.5, 0.6) is 11.5 Å². The number of rotatable bonds is 3. The smallest absolute Gasteiger partial charge is 0.202 e. The molecule has 7 N–H and O–H groups in total. The van der Waals surface area contributed by atoms with Gasteiger partial charge >= 0.3 is 0 Å². The lowest BCUT2D eigenvalue weighted by atomic mass is 9.90. The molecule has 2 aliphatic rings. The van der Waals surface area contributed by atoms with E-state index in [4.69, 9.17) is 13.9 Å². The van der Waals surface area contributed by atoms with Crippen LogP contribution in [0.3, 0.4) is 0 Å². The number of phenolic OH excluding ortho intramolecular Hbond substituents is 2. The first kappa shape index (κ1) is 21.0. The van der Waals surface area contributed by atoms with Crippen molar-refractivity contribution in [2.75, 3.05) is 6.61 Å². The van der Waals surface area contributed by atoms with Gasteiger partial charge in [0.1, 0.15) is 58.7 Å². The third kappa shape index (κ3) is 3.34. The summed E-state index contributed by atoms with van der Waals surface area (Å²) in [5.41, 5.74) is -0.917. The second-order valence-corrected chi connectivity index (χ2v) is 7.46. The van der Waals surface area contributed by atoms with Crippen LogP contribution >= 0.6 is 0 Å². The molecule has 4 rings (SSSR count). The van der Waals surface area contributed by atoms with Gasteiger partial charge in [0.05, 0.1) is 18.3 Å². The van der Waals surface area contributed by atoms with E-state index in [1.807, 2.05) is 0 Å². The Bertz CT molecular complexity index is 1000. The van der Waals surface area contributed by atoms with Crippen molar-refractivity contribution in [1.29, 1.82) is 0 Å². The van der Waals surface area contributed by atoms with Gasteiger partial charge in [-0.25, -0.2) is 0 Å². The lowest BCUT2D eigenvalue weighted by Crippen LogP contribution is -2.59. The molecule has 1 aliphatic carbocycles. The monoisotopic (exact) mass is 426 g/mol. The van der Waals surface area contributed by atoms with Gasteiger partial charge in [-0.15, -0.1) is 0 Å². The van der Waals surface area contributed by atoms with Gasteiger partial charge in [-0.2, -0.15) is 0 Å². The molecule has 1 aromatic heterocycles. The minimum atomic E-state index is -1.67. The highest BCUT2D eigenvalue weighted by molar-refractivity contribution is 5.85. The fourth-order valence-corrected chi connectivity index (χ4v) is 3.93. The van der Waals surface area contributed by atoms with Crippen LogP contribution in [0.15, 0.2) is 21.3 Å². The number of benzene rings is 1. The van der Waals surface area contributed by atoms with Gasteiger partial charge in [0.25, 0.3) is 0 Å². The average molecular weight is 426 g/mol. The molecule has 11 nitrogen and oxygen atoms in total. The summed E-state index contributed by atoms with van der Waals surface area (Å²) in [7, 11) is 0. The number of hydrogen-bond donors (Lipinski definition) is 7. The Balaban J connectivity index is 1.75. The molecule has 11 heteroatoms. The van der Waals surface area contributed by atoms with E-state index in [9.17, 15) is 40.5 Å². The van der Waals surface area contributed by atoms with Crippen molar-refractivity contribution in [3.05, 3.63) is 33.7 Å². The minimum Gasteiger partial charge on any atom is -0.508 e. The van der Waals surface area contributed by atoms with Crippen molar-refractivity contribution in [2.24, 2.45) is 0 Å². The van der Waals surface area contributed by atoms with Gasteiger partial charge in [0, 0.05) is 12.1 Å². The van der Waals surface area contributed by atoms with Crippen molar-refractivity contribution in [3.63, 3.8) is 0 Å². The van der Waals surface area contributed by atoms with Gasteiger partial charge in [-0.05, 0) is 12.8 Å². The Hall–Kier alpha value is -2.25. The number of phenols is 2. The summed E-state index contributed by atoms with van der Waals surface area (Å²) in [4.78, 5) is 13.1. The molecule has 7 atom stereocenters.